The molecule has 1 atom stereocenters. The summed E-state index contributed by atoms with van der Waals surface area (Å²) in [6, 6.07) is 12.9. The number of benzene rings is 2. The molecule has 1 aliphatic rings. The van der Waals surface area contributed by atoms with E-state index in [0.29, 0.717) is 26.3 Å². The highest BCUT2D eigenvalue weighted by Gasteiger charge is 2.35. The molecule has 2 aromatic carbocycles. The van der Waals surface area contributed by atoms with Crippen molar-refractivity contribution >= 4 is 39.3 Å². The van der Waals surface area contributed by atoms with Crippen molar-refractivity contribution in [1.29, 1.82) is 0 Å². The summed E-state index contributed by atoms with van der Waals surface area (Å²) >= 11 is 4.78. The molecule has 0 bridgehead atoms. The molecule has 0 radical (unpaired) electrons. The van der Waals surface area contributed by atoms with Gasteiger partial charge in [0.05, 0.1) is 29.0 Å². The van der Waals surface area contributed by atoms with E-state index in [4.69, 9.17) is 9.47 Å². The van der Waals surface area contributed by atoms with Crippen molar-refractivity contribution in [3.05, 3.63) is 112 Å². The van der Waals surface area contributed by atoms with E-state index in [0.717, 1.165) is 27.1 Å². The molecule has 212 valence electrons. The molecule has 0 unspecified atom stereocenters. The number of fused-ring (bicyclic) bond motifs is 1. The maximum atomic E-state index is 14.1. The van der Waals surface area contributed by atoms with Crippen LogP contribution in [0.5, 0.6) is 5.75 Å². The molecular formula is C31H29BrFN3O4S. The third-order valence-corrected chi connectivity index (χ3v) is 8.39. The van der Waals surface area contributed by atoms with Crippen LogP contribution in [0.3, 0.4) is 0 Å². The molecule has 0 N–H and O–H groups in total. The van der Waals surface area contributed by atoms with Crippen molar-refractivity contribution in [2.24, 2.45) is 4.99 Å². The molecule has 0 saturated heterocycles. The second-order valence-corrected chi connectivity index (χ2v) is 12.0. The first-order chi connectivity index (χ1) is 19.5. The summed E-state index contributed by atoms with van der Waals surface area (Å²) in [5.41, 5.74) is 4.64. The molecule has 7 nitrogen and oxygen atoms in total. The van der Waals surface area contributed by atoms with E-state index in [1.54, 1.807) is 50.6 Å². The topological polar surface area (TPSA) is 74.8 Å². The van der Waals surface area contributed by atoms with Crippen molar-refractivity contribution in [3.63, 3.8) is 0 Å². The van der Waals surface area contributed by atoms with Gasteiger partial charge in [0.25, 0.3) is 5.56 Å². The summed E-state index contributed by atoms with van der Waals surface area (Å²) in [4.78, 5) is 32.7. The minimum atomic E-state index is -0.807. The molecule has 0 amide bonds. The summed E-state index contributed by atoms with van der Waals surface area (Å²) in [6.07, 6.45) is 1.49. The minimum Gasteiger partial charge on any atom is -0.496 e. The van der Waals surface area contributed by atoms with Crippen LogP contribution in [0.4, 0.5) is 4.39 Å². The average molecular weight is 639 g/mol. The molecule has 1 aliphatic heterocycles. The van der Waals surface area contributed by atoms with Crippen LogP contribution in [-0.4, -0.2) is 28.3 Å². The lowest BCUT2D eigenvalue weighted by Crippen LogP contribution is -2.40. The number of methoxy groups -OCH3 is 1. The number of nitrogens with zero attached hydrogens (tertiary/aromatic N) is 3. The molecule has 0 saturated carbocycles. The van der Waals surface area contributed by atoms with Gasteiger partial charge in [-0.05, 0) is 94.8 Å². The molecule has 4 aromatic rings. The number of halogens is 2. The molecular weight excluding hydrogens is 609 g/mol. The predicted octanol–water partition coefficient (Wildman–Crippen LogP) is 5.50. The fourth-order valence-electron chi connectivity index (χ4n) is 5.14. The Morgan fingerprint density at radius 3 is 2.49 bits per heavy atom. The Labute approximate surface area is 249 Å². The first-order valence-corrected chi connectivity index (χ1v) is 14.6. The van der Waals surface area contributed by atoms with Crippen molar-refractivity contribution in [1.82, 2.24) is 9.13 Å². The highest BCUT2D eigenvalue weighted by atomic mass is 79.9. The largest absolute Gasteiger partial charge is 0.496 e. The molecule has 3 heterocycles. The molecule has 41 heavy (non-hydrogen) atoms. The van der Waals surface area contributed by atoms with Gasteiger partial charge in [0.1, 0.15) is 17.6 Å². The van der Waals surface area contributed by atoms with E-state index in [9.17, 15) is 14.0 Å². The van der Waals surface area contributed by atoms with Crippen molar-refractivity contribution in [3.8, 4) is 11.4 Å². The summed E-state index contributed by atoms with van der Waals surface area (Å²) < 4.78 is 29.6. The minimum absolute atomic E-state index is 0.281. The fourth-order valence-corrected chi connectivity index (χ4v) is 6.55. The number of carbonyl (C=O) groups excluding carboxylic acids is 1. The molecule has 10 heteroatoms. The van der Waals surface area contributed by atoms with Gasteiger partial charge in [0.2, 0.25) is 0 Å². The number of aromatic nitrogens is 2. The zero-order valence-corrected chi connectivity index (χ0v) is 25.9. The van der Waals surface area contributed by atoms with Gasteiger partial charge in [-0.1, -0.05) is 27.3 Å². The van der Waals surface area contributed by atoms with Crippen molar-refractivity contribution < 1.29 is 18.7 Å². The van der Waals surface area contributed by atoms with Gasteiger partial charge in [-0.25, -0.2) is 14.2 Å². The van der Waals surface area contributed by atoms with Gasteiger partial charge >= 0.3 is 5.97 Å². The van der Waals surface area contributed by atoms with Crippen LogP contribution >= 0.6 is 27.3 Å². The number of carbonyl (C=O) groups is 1. The van der Waals surface area contributed by atoms with Crippen LogP contribution in [0.25, 0.3) is 11.8 Å². The SMILES string of the molecule is COc1ccc(Br)cc1[C@H]1C(C(=O)OC(C)C)=C(C)N=c2s/c(=C\c3cc(C)n(-c4ccc(F)cc4)c3C)c(=O)n21. The van der Waals surface area contributed by atoms with Crippen LogP contribution in [0, 0.1) is 19.7 Å². The van der Waals surface area contributed by atoms with E-state index >= 15 is 0 Å². The number of hydrogen-bond donors (Lipinski definition) is 0. The van der Waals surface area contributed by atoms with Crippen LogP contribution in [-0.2, 0) is 9.53 Å². The van der Waals surface area contributed by atoms with Gasteiger partial charge in [0, 0.05) is 27.1 Å². The van der Waals surface area contributed by atoms with E-state index in [1.807, 2.05) is 42.7 Å². The van der Waals surface area contributed by atoms with Crippen LogP contribution in [0.15, 0.2) is 74.1 Å². The standard InChI is InChI=1S/C31H29BrFN3O4S/c1-16(2)40-30(38)27-18(4)34-31-36(28(27)24-15-21(32)7-12-25(24)39-6)29(37)26(41-31)14-20-13-17(3)35(19(20)5)23-10-8-22(33)9-11-23/h7-16,28H,1-6H3/b26-14-/t28-/m0/s1. The summed E-state index contributed by atoms with van der Waals surface area (Å²) in [7, 11) is 1.55. The first-order valence-electron chi connectivity index (χ1n) is 13.0. The highest BCUT2D eigenvalue weighted by Crippen LogP contribution is 2.37. The highest BCUT2D eigenvalue weighted by molar-refractivity contribution is 9.10. The van der Waals surface area contributed by atoms with Gasteiger partial charge in [-0.15, -0.1) is 0 Å². The number of rotatable bonds is 6. The summed E-state index contributed by atoms with van der Waals surface area (Å²) in [5.74, 6) is -0.313. The Hall–Kier alpha value is -3.76. The Kier molecular flexibility index (Phi) is 7.89. The average Bonchev–Trinajstić information content (AvgIpc) is 3.37. The van der Waals surface area contributed by atoms with E-state index in [-0.39, 0.29) is 23.1 Å². The second kappa shape index (κ2) is 11.3. The number of hydrogen-bond acceptors (Lipinski definition) is 6. The van der Waals surface area contributed by atoms with E-state index in [2.05, 4.69) is 20.9 Å². The molecule has 0 fully saturated rings. The van der Waals surface area contributed by atoms with Crippen molar-refractivity contribution in [2.45, 2.75) is 46.8 Å². The Morgan fingerprint density at radius 2 is 1.83 bits per heavy atom. The molecule has 0 aliphatic carbocycles. The predicted molar refractivity (Wildman–Crippen MR) is 161 cm³/mol. The van der Waals surface area contributed by atoms with Gasteiger partial charge < -0.3 is 14.0 Å². The fraction of sp³-hybridized carbons (Fsp3) is 0.258. The quantitative estimate of drug-likeness (QED) is 0.262. The Balaban J connectivity index is 1.72. The van der Waals surface area contributed by atoms with Gasteiger partial charge in [0.15, 0.2) is 4.80 Å². The maximum Gasteiger partial charge on any atom is 0.338 e. The monoisotopic (exact) mass is 637 g/mol. The lowest BCUT2D eigenvalue weighted by atomic mass is 9.95. The molecule has 5 rings (SSSR count). The lowest BCUT2D eigenvalue weighted by Gasteiger charge is -2.26. The number of esters is 1. The first kappa shape index (κ1) is 28.8. The zero-order valence-electron chi connectivity index (χ0n) is 23.5. The molecule has 0 spiro atoms. The number of ether oxygens (including phenoxy) is 2. The van der Waals surface area contributed by atoms with Crippen LogP contribution < -0.4 is 19.6 Å². The number of thiazole rings is 1. The summed E-state index contributed by atoms with van der Waals surface area (Å²) in [6.45, 7) is 9.23. The molecule has 2 aromatic heterocycles. The Bertz CT molecular complexity index is 1880. The van der Waals surface area contributed by atoms with Gasteiger partial charge in [-0.3, -0.25) is 9.36 Å². The maximum absolute atomic E-state index is 14.1. The third kappa shape index (κ3) is 5.34. The van der Waals surface area contributed by atoms with Crippen LogP contribution in [0.1, 0.15) is 49.3 Å². The smallest absolute Gasteiger partial charge is 0.338 e. The summed E-state index contributed by atoms with van der Waals surface area (Å²) in [5, 5.41) is 0. The third-order valence-electron chi connectivity index (χ3n) is 6.91. The van der Waals surface area contributed by atoms with Crippen LogP contribution in [0.2, 0.25) is 0 Å². The Morgan fingerprint density at radius 1 is 1.12 bits per heavy atom. The van der Waals surface area contributed by atoms with Crippen molar-refractivity contribution in [2.75, 3.05) is 7.11 Å². The van der Waals surface area contributed by atoms with Gasteiger partial charge in [-0.2, -0.15) is 0 Å². The second-order valence-electron chi connectivity index (χ2n) is 10.1. The zero-order chi connectivity index (χ0) is 29.6. The van der Waals surface area contributed by atoms with E-state index < -0.39 is 12.0 Å². The number of aryl methyl sites for hydroxylation is 1. The lowest BCUT2D eigenvalue weighted by molar-refractivity contribution is -0.143. The number of allylic oxidation sites excluding steroid dienone is 1. The normalized spacial score (nSPS) is 15.2. The van der Waals surface area contributed by atoms with E-state index in [1.165, 1.54) is 23.5 Å².